The Labute approximate surface area is 125 Å². The normalized spacial score (nSPS) is 22.7. The molecule has 0 bridgehead atoms. The molecule has 1 aromatic heterocycles. The van der Waals surface area contributed by atoms with Crippen molar-refractivity contribution in [1.82, 2.24) is 9.88 Å². The van der Waals surface area contributed by atoms with Crippen LogP contribution < -0.4 is 5.32 Å². The van der Waals surface area contributed by atoms with Crippen molar-refractivity contribution in [3.05, 3.63) is 42.1 Å². The average molecular weight is 282 g/mol. The maximum Gasteiger partial charge on any atom is 0.0754 e. The van der Waals surface area contributed by atoms with E-state index in [2.05, 4.69) is 46.4 Å². The third-order valence-corrected chi connectivity index (χ3v) is 4.62. The lowest BCUT2D eigenvalue weighted by molar-refractivity contribution is 0.0980. The van der Waals surface area contributed by atoms with E-state index in [9.17, 15) is 0 Å². The minimum Gasteiger partial charge on any atom is -0.376 e. The van der Waals surface area contributed by atoms with Gasteiger partial charge in [-0.15, -0.1) is 0 Å². The summed E-state index contributed by atoms with van der Waals surface area (Å²) in [5, 5.41) is 4.77. The fourth-order valence-corrected chi connectivity index (χ4v) is 3.53. The number of ether oxygens (including phenoxy) is 1. The van der Waals surface area contributed by atoms with Crippen LogP contribution in [-0.2, 0) is 11.3 Å². The number of para-hydroxylation sites is 1. The fourth-order valence-electron chi connectivity index (χ4n) is 3.53. The Kier molecular flexibility index (Phi) is 3.53. The van der Waals surface area contributed by atoms with Gasteiger partial charge in [0.2, 0.25) is 0 Å². The second-order valence-corrected chi connectivity index (χ2v) is 6.03. The SMILES string of the molecule is C1=C(c2cn(CC3CCCO3)c3ccccc23)CCNC1. The molecule has 0 aliphatic carbocycles. The first-order valence-electron chi connectivity index (χ1n) is 8.01. The smallest absolute Gasteiger partial charge is 0.0754 e. The summed E-state index contributed by atoms with van der Waals surface area (Å²) in [6.45, 7) is 3.97. The van der Waals surface area contributed by atoms with E-state index >= 15 is 0 Å². The third kappa shape index (κ3) is 2.52. The van der Waals surface area contributed by atoms with E-state index in [1.807, 2.05) is 0 Å². The maximum absolute atomic E-state index is 5.82. The van der Waals surface area contributed by atoms with Crippen LogP contribution in [0.15, 0.2) is 36.5 Å². The highest BCUT2D eigenvalue weighted by atomic mass is 16.5. The average Bonchev–Trinajstić information content (AvgIpc) is 3.17. The number of nitrogens with zero attached hydrogens (tertiary/aromatic N) is 1. The van der Waals surface area contributed by atoms with Crippen LogP contribution in [0.3, 0.4) is 0 Å². The van der Waals surface area contributed by atoms with Crippen molar-refractivity contribution in [2.45, 2.75) is 31.9 Å². The molecule has 4 rings (SSSR count). The van der Waals surface area contributed by atoms with Gasteiger partial charge >= 0.3 is 0 Å². The minimum absolute atomic E-state index is 0.385. The van der Waals surface area contributed by atoms with Crippen molar-refractivity contribution in [1.29, 1.82) is 0 Å². The zero-order valence-electron chi connectivity index (χ0n) is 12.3. The van der Waals surface area contributed by atoms with Crippen LogP contribution in [0.25, 0.3) is 16.5 Å². The van der Waals surface area contributed by atoms with Gasteiger partial charge < -0.3 is 14.6 Å². The van der Waals surface area contributed by atoms with Crippen molar-refractivity contribution >= 4 is 16.5 Å². The Morgan fingerprint density at radius 3 is 3.05 bits per heavy atom. The predicted octanol–water partition coefficient (Wildman–Crippen LogP) is 3.20. The molecule has 3 heterocycles. The molecule has 1 unspecified atom stereocenters. The molecule has 21 heavy (non-hydrogen) atoms. The van der Waals surface area contributed by atoms with Crippen molar-refractivity contribution in [3.8, 4) is 0 Å². The van der Waals surface area contributed by atoms with E-state index in [-0.39, 0.29) is 0 Å². The number of hydrogen-bond acceptors (Lipinski definition) is 2. The molecule has 2 aliphatic rings. The summed E-state index contributed by atoms with van der Waals surface area (Å²) in [4.78, 5) is 0. The summed E-state index contributed by atoms with van der Waals surface area (Å²) in [6, 6.07) is 8.76. The molecule has 0 saturated carbocycles. The summed E-state index contributed by atoms with van der Waals surface area (Å²) in [5.74, 6) is 0. The molecule has 1 fully saturated rings. The van der Waals surface area contributed by atoms with E-state index in [1.54, 1.807) is 0 Å². The molecule has 3 nitrogen and oxygen atoms in total. The molecule has 2 aromatic rings. The van der Waals surface area contributed by atoms with E-state index in [1.165, 1.54) is 34.9 Å². The van der Waals surface area contributed by atoms with E-state index in [0.29, 0.717) is 6.10 Å². The third-order valence-electron chi connectivity index (χ3n) is 4.62. The second kappa shape index (κ2) is 5.66. The molecule has 0 spiro atoms. The van der Waals surface area contributed by atoms with Crippen LogP contribution >= 0.6 is 0 Å². The van der Waals surface area contributed by atoms with Crippen LogP contribution in [0.4, 0.5) is 0 Å². The Bertz CT molecular complexity index is 665. The molecule has 1 aromatic carbocycles. The van der Waals surface area contributed by atoms with Gasteiger partial charge in [-0.05, 0) is 37.4 Å². The monoisotopic (exact) mass is 282 g/mol. The standard InChI is InChI=1S/C18H22N2O/c1-2-6-18-16(5-1)17(14-7-9-19-10-8-14)13-20(18)12-15-4-3-11-21-15/h1-2,5-7,13,15,19H,3-4,8-12H2. The largest absolute Gasteiger partial charge is 0.376 e. The number of rotatable bonds is 3. The Morgan fingerprint density at radius 2 is 2.24 bits per heavy atom. The van der Waals surface area contributed by atoms with Gasteiger partial charge in [-0.2, -0.15) is 0 Å². The first-order valence-corrected chi connectivity index (χ1v) is 8.01. The van der Waals surface area contributed by atoms with Gasteiger partial charge in [-0.1, -0.05) is 24.3 Å². The van der Waals surface area contributed by atoms with Gasteiger partial charge in [0.05, 0.1) is 6.10 Å². The molecule has 1 N–H and O–H groups in total. The zero-order chi connectivity index (χ0) is 14.1. The van der Waals surface area contributed by atoms with Gasteiger partial charge in [0.25, 0.3) is 0 Å². The lowest BCUT2D eigenvalue weighted by atomic mass is 10.00. The highest BCUT2D eigenvalue weighted by Gasteiger charge is 2.19. The molecule has 0 amide bonds. The van der Waals surface area contributed by atoms with Crippen molar-refractivity contribution in [2.24, 2.45) is 0 Å². The van der Waals surface area contributed by atoms with Crippen LogP contribution in [0.5, 0.6) is 0 Å². The molecule has 1 atom stereocenters. The number of aromatic nitrogens is 1. The van der Waals surface area contributed by atoms with Crippen LogP contribution in [0, 0.1) is 0 Å². The number of nitrogens with one attached hydrogen (secondary N) is 1. The summed E-state index contributed by atoms with van der Waals surface area (Å²) in [7, 11) is 0. The summed E-state index contributed by atoms with van der Waals surface area (Å²) < 4.78 is 8.21. The number of fused-ring (bicyclic) bond motifs is 1. The van der Waals surface area contributed by atoms with Crippen LogP contribution in [0.2, 0.25) is 0 Å². The second-order valence-electron chi connectivity index (χ2n) is 6.03. The lowest BCUT2D eigenvalue weighted by Gasteiger charge is -2.13. The van der Waals surface area contributed by atoms with Crippen molar-refractivity contribution in [2.75, 3.05) is 19.7 Å². The predicted molar refractivity (Wildman–Crippen MR) is 86.4 cm³/mol. The summed E-state index contributed by atoms with van der Waals surface area (Å²) in [6.07, 6.45) is 8.57. The highest BCUT2D eigenvalue weighted by Crippen LogP contribution is 2.30. The van der Waals surface area contributed by atoms with Gasteiger partial charge in [-0.3, -0.25) is 0 Å². The first kappa shape index (κ1) is 13.1. The number of hydrogen-bond donors (Lipinski definition) is 1. The molecular formula is C18H22N2O. The molecule has 0 radical (unpaired) electrons. The molecule has 3 heteroatoms. The molecule has 2 aliphatic heterocycles. The van der Waals surface area contributed by atoms with Crippen LogP contribution in [0.1, 0.15) is 24.8 Å². The van der Waals surface area contributed by atoms with Crippen molar-refractivity contribution < 1.29 is 4.74 Å². The van der Waals surface area contributed by atoms with E-state index in [0.717, 1.165) is 32.7 Å². The Morgan fingerprint density at radius 1 is 1.29 bits per heavy atom. The highest BCUT2D eigenvalue weighted by molar-refractivity contribution is 5.93. The summed E-state index contributed by atoms with van der Waals surface area (Å²) >= 11 is 0. The Hall–Kier alpha value is -1.58. The molecule has 1 saturated heterocycles. The van der Waals surface area contributed by atoms with Crippen LogP contribution in [-0.4, -0.2) is 30.4 Å². The molecular weight excluding hydrogens is 260 g/mol. The van der Waals surface area contributed by atoms with Gasteiger partial charge in [-0.25, -0.2) is 0 Å². The van der Waals surface area contributed by atoms with E-state index in [4.69, 9.17) is 4.74 Å². The fraction of sp³-hybridized carbons (Fsp3) is 0.444. The number of benzene rings is 1. The molecule has 110 valence electrons. The lowest BCUT2D eigenvalue weighted by Crippen LogP contribution is -2.20. The summed E-state index contributed by atoms with van der Waals surface area (Å²) in [5.41, 5.74) is 4.23. The maximum atomic E-state index is 5.82. The van der Waals surface area contributed by atoms with E-state index < -0.39 is 0 Å². The topological polar surface area (TPSA) is 26.2 Å². The first-order chi connectivity index (χ1) is 10.4. The zero-order valence-corrected chi connectivity index (χ0v) is 12.3. The quantitative estimate of drug-likeness (QED) is 0.935. The van der Waals surface area contributed by atoms with Gasteiger partial charge in [0.1, 0.15) is 0 Å². The van der Waals surface area contributed by atoms with Crippen molar-refractivity contribution in [3.63, 3.8) is 0 Å². The Balaban J connectivity index is 1.74. The van der Waals surface area contributed by atoms with Gasteiger partial charge in [0, 0.05) is 42.4 Å². The minimum atomic E-state index is 0.385. The van der Waals surface area contributed by atoms with Gasteiger partial charge in [0.15, 0.2) is 0 Å².